The summed E-state index contributed by atoms with van der Waals surface area (Å²) in [4.78, 5) is 0. The zero-order valence-electron chi connectivity index (χ0n) is 12.2. The summed E-state index contributed by atoms with van der Waals surface area (Å²) < 4.78 is 2.39. The number of rotatable bonds is 4. The van der Waals surface area contributed by atoms with Crippen LogP contribution in [-0.2, 0) is 13.5 Å². The van der Waals surface area contributed by atoms with Gasteiger partial charge in [-0.25, -0.2) is 0 Å². The molecule has 0 aliphatic rings. The van der Waals surface area contributed by atoms with Gasteiger partial charge in [0.15, 0.2) is 0 Å². The van der Waals surface area contributed by atoms with Crippen molar-refractivity contribution < 1.29 is 0 Å². The highest BCUT2D eigenvalue weighted by molar-refractivity contribution is 5.90. The Labute approximate surface area is 110 Å². The molecular formula is C16H24N2. The Hall–Kier alpha value is -1.28. The lowest BCUT2D eigenvalue weighted by Gasteiger charge is -2.06. The second-order valence-corrected chi connectivity index (χ2v) is 5.26. The van der Waals surface area contributed by atoms with Gasteiger partial charge in [0.2, 0.25) is 0 Å². The van der Waals surface area contributed by atoms with Gasteiger partial charge in [0, 0.05) is 18.1 Å². The van der Waals surface area contributed by atoms with E-state index in [2.05, 4.69) is 49.8 Å². The number of benzene rings is 1. The number of aromatic nitrogens is 1. The van der Waals surface area contributed by atoms with Crippen molar-refractivity contribution >= 4 is 10.9 Å². The van der Waals surface area contributed by atoms with E-state index in [0.29, 0.717) is 0 Å². The van der Waals surface area contributed by atoms with Crippen LogP contribution in [0.5, 0.6) is 0 Å². The van der Waals surface area contributed by atoms with Crippen molar-refractivity contribution in [2.24, 2.45) is 7.05 Å². The van der Waals surface area contributed by atoms with Crippen LogP contribution in [0.3, 0.4) is 0 Å². The van der Waals surface area contributed by atoms with E-state index < -0.39 is 0 Å². The summed E-state index contributed by atoms with van der Waals surface area (Å²) in [6.45, 7) is 7.77. The molecule has 1 heterocycles. The summed E-state index contributed by atoms with van der Waals surface area (Å²) >= 11 is 0. The minimum absolute atomic E-state index is 1.08. The first-order valence-corrected chi connectivity index (χ1v) is 6.76. The highest BCUT2D eigenvalue weighted by Gasteiger charge is 2.14. The molecule has 18 heavy (non-hydrogen) atoms. The second kappa shape index (κ2) is 5.15. The summed E-state index contributed by atoms with van der Waals surface area (Å²) in [6.07, 6.45) is 2.34. The first-order valence-electron chi connectivity index (χ1n) is 6.76. The number of fused-ring (bicyclic) bond motifs is 1. The van der Waals surface area contributed by atoms with Gasteiger partial charge in [0.05, 0.1) is 5.52 Å². The Balaban J connectivity index is 2.55. The lowest BCUT2D eigenvalue weighted by Crippen LogP contribution is -2.10. The third-order valence-electron chi connectivity index (χ3n) is 3.98. The van der Waals surface area contributed by atoms with Gasteiger partial charge in [-0.15, -0.1) is 0 Å². The molecule has 0 fully saturated rings. The molecule has 2 heteroatoms. The normalized spacial score (nSPS) is 11.4. The van der Waals surface area contributed by atoms with Crippen molar-refractivity contribution in [3.8, 4) is 0 Å². The Morgan fingerprint density at radius 3 is 2.39 bits per heavy atom. The van der Waals surface area contributed by atoms with E-state index >= 15 is 0 Å². The average Bonchev–Trinajstić information content (AvgIpc) is 2.59. The molecule has 2 rings (SSSR count). The largest absolute Gasteiger partial charge is 0.347 e. The van der Waals surface area contributed by atoms with Gasteiger partial charge in [-0.3, -0.25) is 0 Å². The standard InChI is InChI=1S/C16H24N2/c1-11-8-9-12(2)16-15(11)13(3)14(18(16)5)7-6-10-17-4/h8-9,17H,6-7,10H2,1-5H3. The van der Waals surface area contributed by atoms with Crippen molar-refractivity contribution in [1.29, 1.82) is 0 Å². The van der Waals surface area contributed by atoms with Crippen molar-refractivity contribution in [3.63, 3.8) is 0 Å². The van der Waals surface area contributed by atoms with Gasteiger partial charge in [-0.1, -0.05) is 12.1 Å². The molecule has 0 saturated heterocycles. The molecule has 98 valence electrons. The molecule has 0 spiro atoms. The molecule has 0 amide bonds. The van der Waals surface area contributed by atoms with Crippen molar-refractivity contribution in [3.05, 3.63) is 34.5 Å². The van der Waals surface area contributed by atoms with Gasteiger partial charge in [0.1, 0.15) is 0 Å². The molecule has 0 unspecified atom stereocenters. The fraction of sp³-hybridized carbons (Fsp3) is 0.500. The van der Waals surface area contributed by atoms with E-state index in [1.54, 1.807) is 0 Å². The van der Waals surface area contributed by atoms with Crippen LogP contribution in [-0.4, -0.2) is 18.2 Å². The number of hydrogen-bond acceptors (Lipinski definition) is 1. The van der Waals surface area contributed by atoms with E-state index in [1.165, 1.54) is 39.7 Å². The first-order chi connectivity index (χ1) is 8.57. The van der Waals surface area contributed by atoms with Crippen LogP contribution in [0.25, 0.3) is 10.9 Å². The maximum absolute atomic E-state index is 3.22. The summed E-state index contributed by atoms with van der Waals surface area (Å²) in [5, 5.41) is 4.68. The SMILES string of the molecule is CNCCCc1c(C)c2c(C)ccc(C)c2n1C. The molecule has 0 aliphatic heterocycles. The maximum atomic E-state index is 3.22. The van der Waals surface area contributed by atoms with Crippen LogP contribution in [0, 0.1) is 20.8 Å². The Bertz CT molecular complexity index is 519. The van der Waals surface area contributed by atoms with Crippen LogP contribution < -0.4 is 5.32 Å². The highest BCUT2D eigenvalue weighted by atomic mass is 15.0. The summed E-state index contributed by atoms with van der Waals surface area (Å²) in [6, 6.07) is 4.47. The van der Waals surface area contributed by atoms with Gasteiger partial charge in [-0.2, -0.15) is 0 Å². The monoisotopic (exact) mass is 244 g/mol. The highest BCUT2D eigenvalue weighted by Crippen LogP contribution is 2.30. The number of hydrogen-bond donors (Lipinski definition) is 1. The molecule has 0 radical (unpaired) electrons. The van der Waals surface area contributed by atoms with E-state index in [9.17, 15) is 0 Å². The molecule has 0 aliphatic carbocycles. The molecule has 2 aromatic rings. The van der Waals surface area contributed by atoms with Crippen LogP contribution in [0.1, 0.15) is 28.8 Å². The van der Waals surface area contributed by atoms with E-state index in [1.807, 2.05) is 7.05 Å². The van der Waals surface area contributed by atoms with Crippen LogP contribution in [0.4, 0.5) is 0 Å². The van der Waals surface area contributed by atoms with Crippen molar-refractivity contribution in [2.75, 3.05) is 13.6 Å². The summed E-state index contributed by atoms with van der Waals surface area (Å²) in [5.41, 5.74) is 7.12. The smallest absolute Gasteiger partial charge is 0.0515 e. The van der Waals surface area contributed by atoms with Gasteiger partial charge in [-0.05, 0) is 63.9 Å². The van der Waals surface area contributed by atoms with E-state index in [-0.39, 0.29) is 0 Å². The van der Waals surface area contributed by atoms with E-state index in [0.717, 1.165) is 13.0 Å². The third-order valence-corrected chi connectivity index (χ3v) is 3.98. The Morgan fingerprint density at radius 2 is 1.78 bits per heavy atom. The average molecular weight is 244 g/mol. The van der Waals surface area contributed by atoms with Crippen LogP contribution >= 0.6 is 0 Å². The predicted octanol–water partition coefficient (Wildman–Crippen LogP) is 3.26. The first kappa shape index (κ1) is 13.2. The second-order valence-electron chi connectivity index (χ2n) is 5.26. The summed E-state index contributed by atoms with van der Waals surface area (Å²) in [7, 11) is 4.22. The minimum Gasteiger partial charge on any atom is -0.347 e. The Morgan fingerprint density at radius 1 is 1.11 bits per heavy atom. The third kappa shape index (κ3) is 2.05. The van der Waals surface area contributed by atoms with Gasteiger partial charge in [0.25, 0.3) is 0 Å². The molecule has 0 atom stereocenters. The molecular weight excluding hydrogens is 220 g/mol. The zero-order chi connectivity index (χ0) is 13.3. The van der Waals surface area contributed by atoms with Crippen molar-refractivity contribution in [2.45, 2.75) is 33.6 Å². The molecule has 1 aromatic heterocycles. The quantitative estimate of drug-likeness (QED) is 0.817. The molecule has 0 bridgehead atoms. The van der Waals surface area contributed by atoms with Gasteiger partial charge < -0.3 is 9.88 Å². The lowest BCUT2D eigenvalue weighted by atomic mass is 10.0. The summed E-state index contributed by atoms with van der Waals surface area (Å²) in [5.74, 6) is 0. The molecule has 1 N–H and O–H groups in total. The lowest BCUT2D eigenvalue weighted by molar-refractivity contribution is 0.695. The molecule has 1 aromatic carbocycles. The van der Waals surface area contributed by atoms with Crippen molar-refractivity contribution in [1.82, 2.24) is 9.88 Å². The fourth-order valence-corrected chi connectivity index (χ4v) is 3.02. The van der Waals surface area contributed by atoms with Crippen LogP contribution in [0.15, 0.2) is 12.1 Å². The minimum atomic E-state index is 1.08. The number of nitrogens with one attached hydrogen (secondary N) is 1. The number of nitrogens with zero attached hydrogens (tertiary/aromatic N) is 1. The molecule has 0 saturated carbocycles. The van der Waals surface area contributed by atoms with Crippen LogP contribution in [0.2, 0.25) is 0 Å². The predicted molar refractivity (Wildman–Crippen MR) is 79.4 cm³/mol. The topological polar surface area (TPSA) is 17.0 Å². The van der Waals surface area contributed by atoms with Gasteiger partial charge >= 0.3 is 0 Å². The number of aryl methyl sites for hydroxylation is 4. The van der Waals surface area contributed by atoms with E-state index in [4.69, 9.17) is 0 Å². The molecule has 2 nitrogen and oxygen atoms in total. The Kier molecular flexibility index (Phi) is 3.76. The zero-order valence-corrected chi connectivity index (χ0v) is 12.2. The fourth-order valence-electron chi connectivity index (χ4n) is 3.02. The maximum Gasteiger partial charge on any atom is 0.0515 e.